The Morgan fingerprint density at radius 3 is 2.53 bits per heavy atom. The maximum atomic E-state index is 13.1. The average molecular weight is 451 g/mol. The number of carbonyl (C=O) groups is 2. The summed E-state index contributed by atoms with van der Waals surface area (Å²) in [5.41, 5.74) is -0.00355. The van der Waals surface area contributed by atoms with E-state index >= 15 is 0 Å². The Morgan fingerprint density at radius 1 is 1.28 bits per heavy atom. The van der Waals surface area contributed by atoms with Gasteiger partial charge in [0.15, 0.2) is 12.1 Å². The van der Waals surface area contributed by atoms with E-state index in [1.807, 2.05) is 0 Å². The van der Waals surface area contributed by atoms with Gasteiger partial charge in [0.1, 0.15) is 11.4 Å². The second-order valence-corrected chi connectivity index (χ2v) is 8.45. The molecule has 2 aromatic heterocycles. The summed E-state index contributed by atoms with van der Waals surface area (Å²) in [5, 5.41) is 9.63. The smallest absolute Gasteiger partial charge is 0.422 e. The van der Waals surface area contributed by atoms with Crippen LogP contribution >= 0.6 is 0 Å². The van der Waals surface area contributed by atoms with Crippen molar-refractivity contribution in [1.82, 2.24) is 25.4 Å². The molecule has 0 bridgehead atoms. The van der Waals surface area contributed by atoms with Gasteiger partial charge in [-0.1, -0.05) is 0 Å². The van der Waals surface area contributed by atoms with E-state index in [1.54, 1.807) is 24.8 Å². The lowest BCUT2D eigenvalue weighted by Crippen LogP contribution is -2.58. The fourth-order valence-corrected chi connectivity index (χ4v) is 3.59. The van der Waals surface area contributed by atoms with Crippen molar-refractivity contribution >= 4 is 11.8 Å². The number of hydrogen-bond donors (Lipinski definition) is 2. The number of pyridine rings is 1. The number of halogens is 3. The second kappa shape index (κ2) is 8.10. The summed E-state index contributed by atoms with van der Waals surface area (Å²) in [7, 11) is 0. The molecule has 1 aliphatic heterocycles. The first-order valence-corrected chi connectivity index (χ1v) is 10.4. The van der Waals surface area contributed by atoms with Crippen LogP contribution in [-0.4, -0.2) is 57.8 Å². The van der Waals surface area contributed by atoms with Crippen LogP contribution in [0, 0.1) is 6.92 Å². The Labute approximate surface area is 182 Å². The van der Waals surface area contributed by atoms with Gasteiger partial charge in [0.05, 0.1) is 5.69 Å². The highest BCUT2D eigenvalue weighted by atomic mass is 19.4. The molecule has 1 atom stereocenters. The normalized spacial score (nSPS) is 18.0. The number of ether oxygens (including phenoxy) is 1. The van der Waals surface area contributed by atoms with Gasteiger partial charge in [-0.05, 0) is 45.1 Å². The molecule has 1 unspecified atom stereocenters. The molecule has 172 valence electrons. The number of amides is 2. The number of carbonyl (C=O) groups excluding carboxylic acids is 2. The maximum Gasteiger partial charge on any atom is 0.422 e. The van der Waals surface area contributed by atoms with Gasteiger partial charge in [-0.25, -0.2) is 0 Å². The van der Waals surface area contributed by atoms with E-state index in [4.69, 9.17) is 4.74 Å². The van der Waals surface area contributed by atoms with Gasteiger partial charge < -0.3 is 15.0 Å². The number of nitrogens with zero attached hydrogens (tertiary/aromatic N) is 3. The number of likely N-dealkylation sites (tertiary alicyclic amines) is 1. The number of aromatic amines is 1. The quantitative estimate of drug-likeness (QED) is 0.674. The average Bonchev–Trinajstić information content (AvgIpc) is 3.43. The molecule has 0 radical (unpaired) electrons. The Bertz CT molecular complexity index is 1030. The first kappa shape index (κ1) is 22.1. The third-order valence-corrected chi connectivity index (χ3v) is 5.69. The first-order chi connectivity index (χ1) is 15.1. The summed E-state index contributed by atoms with van der Waals surface area (Å²) in [6.45, 7) is 3.03. The van der Waals surface area contributed by atoms with Crippen LogP contribution in [0.25, 0.3) is 0 Å². The van der Waals surface area contributed by atoms with E-state index in [0.717, 1.165) is 19.3 Å². The Kier molecular flexibility index (Phi) is 5.59. The molecule has 1 saturated heterocycles. The number of aromatic nitrogens is 3. The predicted octanol–water partition coefficient (Wildman–Crippen LogP) is 2.81. The van der Waals surface area contributed by atoms with Crippen molar-refractivity contribution in [3.63, 3.8) is 0 Å². The minimum absolute atomic E-state index is 0.0173. The zero-order valence-corrected chi connectivity index (χ0v) is 17.8. The van der Waals surface area contributed by atoms with Gasteiger partial charge in [-0.3, -0.25) is 19.7 Å². The lowest BCUT2D eigenvalue weighted by molar-refractivity contribution is -0.153. The van der Waals surface area contributed by atoms with E-state index in [9.17, 15) is 22.8 Å². The largest absolute Gasteiger partial charge is 0.484 e. The van der Waals surface area contributed by atoms with Crippen molar-refractivity contribution in [2.24, 2.45) is 0 Å². The standard InChI is InChI=1S/C21H24F3N5O3/c1-12-8-17(28-27-12)20(2,19(31)29-6-3-7-29)26-18(30)15-9-16(32-11-21(22,23)24)14(10-25-15)13-4-5-13/h8-10,13H,3-7,11H2,1-2H3,(H,26,30)(H,27,28). The monoisotopic (exact) mass is 451 g/mol. The summed E-state index contributed by atoms with van der Waals surface area (Å²) >= 11 is 0. The van der Waals surface area contributed by atoms with Crippen molar-refractivity contribution in [3.8, 4) is 5.75 Å². The molecule has 1 aliphatic carbocycles. The zero-order chi connectivity index (χ0) is 23.1. The number of alkyl halides is 3. The van der Waals surface area contributed by atoms with E-state index < -0.39 is 24.2 Å². The number of rotatable bonds is 7. The molecule has 11 heteroatoms. The molecule has 2 N–H and O–H groups in total. The van der Waals surface area contributed by atoms with Gasteiger partial charge in [-0.15, -0.1) is 0 Å². The number of H-pyrrole nitrogens is 1. The molecule has 32 heavy (non-hydrogen) atoms. The van der Waals surface area contributed by atoms with E-state index in [-0.39, 0.29) is 23.3 Å². The SMILES string of the molecule is Cc1cc(C(C)(NC(=O)c2cc(OCC(F)(F)F)c(C3CC3)cn2)C(=O)N2CCC2)n[nH]1. The number of hydrogen-bond acceptors (Lipinski definition) is 5. The fourth-order valence-electron chi connectivity index (χ4n) is 3.59. The zero-order valence-electron chi connectivity index (χ0n) is 17.8. The Hall–Kier alpha value is -3.11. The van der Waals surface area contributed by atoms with Crippen LogP contribution in [0.15, 0.2) is 18.3 Å². The third kappa shape index (κ3) is 4.56. The second-order valence-electron chi connectivity index (χ2n) is 8.45. The Morgan fingerprint density at radius 2 is 2.00 bits per heavy atom. The highest BCUT2D eigenvalue weighted by molar-refractivity contribution is 5.98. The van der Waals surface area contributed by atoms with Crippen molar-refractivity contribution in [3.05, 3.63) is 41.0 Å². The van der Waals surface area contributed by atoms with Gasteiger partial charge in [-0.2, -0.15) is 18.3 Å². The molecule has 2 amide bonds. The maximum absolute atomic E-state index is 13.1. The summed E-state index contributed by atoms with van der Waals surface area (Å²) < 4.78 is 43.1. The van der Waals surface area contributed by atoms with Gasteiger partial charge >= 0.3 is 6.18 Å². The van der Waals surface area contributed by atoms with Crippen LogP contribution in [0.3, 0.4) is 0 Å². The highest BCUT2D eigenvalue weighted by Gasteiger charge is 2.44. The molecule has 0 spiro atoms. The lowest BCUT2D eigenvalue weighted by Gasteiger charge is -2.38. The lowest BCUT2D eigenvalue weighted by atomic mass is 9.93. The van der Waals surface area contributed by atoms with Gasteiger partial charge in [0.25, 0.3) is 11.8 Å². The molecular weight excluding hydrogens is 427 g/mol. The number of nitrogens with one attached hydrogen (secondary N) is 2. The molecular formula is C21H24F3N5O3. The van der Waals surface area contributed by atoms with Gasteiger partial charge in [0, 0.05) is 36.6 Å². The molecule has 2 aromatic rings. The van der Waals surface area contributed by atoms with Crippen molar-refractivity contribution in [2.45, 2.75) is 50.7 Å². The van der Waals surface area contributed by atoms with E-state index in [2.05, 4.69) is 20.5 Å². The van der Waals surface area contributed by atoms with E-state index in [1.165, 1.54) is 12.3 Å². The number of aryl methyl sites for hydroxylation is 1. The van der Waals surface area contributed by atoms with Crippen molar-refractivity contribution in [1.29, 1.82) is 0 Å². The van der Waals surface area contributed by atoms with E-state index in [0.29, 0.717) is 30.0 Å². The van der Waals surface area contributed by atoms with Crippen LogP contribution in [0.2, 0.25) is 0 Å². The molecule has 1 saturated carbocycles. The van der Waals surface area contributed by atoms with Crippen LogP contribution in [-0.2, 0) is 10.3 Å². The topological polar surface area (TPSA) is 100 Å². The highest BCUT2D eigenvalue weighted by Crippen LogP contribution is 2.44. The minimum Gasteiger partial charge on any atom is -0.484 e. The van der Waals surface area contributed by atoms with Gasteiger partial charge in [0.2, 0.25) is 0 Å². The van der Waals surface area contributed by atoms with Crippen LogP contribution in [0.4, 0.5) is 13.2 Å². The summed E-state index contributed by atoms with van der Waals surface area (Å²) in [5.74, 6) is -0.961. The molecule has 0 aromatic carbocycles. The fraction of sp³-hybridized carbons (Fsp3) is 0.524. The van der Waals surface area contributed by atoms with Crippen molar-refractivity contribution in [2.75, 3.05) is 19.7 Å². The summed E-state index contributed by atoms with van der Waals surface area (Å²) in [4.78, 5) is 32.0. The summed E-state index contributed by atoms with van der Waals surface area (Å²) in [6.07, 6.45) is -0.593. The van der Waals surface area contributed by atoms with Crippen LogP contribution in [0.1, 0.15) is 59.5 Å². The molecule has 3 heterocycles. The third-order valence-electron chi connectivity index (χ3n) is 5.69. The first-order valence-electron chi connectivity index (χ1n) is 10.4. The van der Waals surface area contributed by atoms with Crippen LogP contribution < -0.4 is 10.1 Å². The molecule has 2 fully saturated rings. The predicted molar refractivity (Wildman–Crippen MR) is 107 cm³/mol. The molecule has 8 nitrogen and oxygen atoms in total. The Balaban J connectivity index is 1.61. The summed E-state index contributed by atoms with van der Waals surface area (Å²) in [6, 6.07) is 2.87. The minimum atomic E-state index is -4.51. The van der Waals surface area contributed by atoms with Crippen molar-refractivity contribution < 1.29 is 27.5 Å². The molecule has 2 aliphatic rings. The van der Waals surface area contributed by atoms with Crippen LogP contribution in [0.5, 0.6) is 5.75 Å². The molecule has 4 rings (SSSR count).